The average molecular weight is 334 g/mol. The first-order valence-electron chi connectivity index (χ1n) is 9.08. The fourth-order valence-electron chi connectivity index (χ4n) is 3.80. The molecule has 2 aliphatic rings. The van der Waals surface area contributed by atoms with E-state index in [1.807, 2.05) is 0 Å². The number of oxime groups is 1. The third kappa shape index (κ3) is 3.60. The number of fused-ring (bicyclic) bond motifs is 1. The summed E-state index contributed by atoms with van der Waals surface area (Å²) in [6.07, 6.45) is 13.5. The lowest BCUT2D eigenvalue weighted by Gasteiger charge is -2.19. The Hall–Kier alpha value is -1.92. The Morgan fingerprint density at radius 2 is 1.75 bits per heavy atom. The highest BCUT2D eigenvalue weighted by Crippen LogP contribution is 2.32. The number of rotatable bonds is 2. The molecule has 1 aromatic rings. The number of nitrogens with zero attached hydrogens (tertiary/aromatic N) is 4. The molecular weight excluding hydrogens is 308 g/mol. The summed E-state index contributed by atoms with van der Waals surface area (Å²) >= 11 is 0. The Morgan fingerprint density at radius 3 is 2.38 bits per heavy atom. The van der Waals surface area contributed by atoms with Crippen LogP contribution in [-0.2, 0) is 11.9 Å². The summed E-state index contributed by atoms with van der Waals surface area (Å²) in [4.78, 5) is 20.6. The second-order valence-electron chi connectivity index (χ2n) is 6.89. The molecule has 1 aliphatic heterocycles. The fourth-order valence-corrected chi connectivity index (χ4v) is 3.80. The Balaban J connectivity index is 1.77. The Labute approximate surface area is 142 Å². The fraction of sp³-hybridized carbons (Fsp3) is 0.765. The van der Waals surface area contributed by atoms with Gasteiger partial charge in [0.15, 0.2) is 5.71 Å². The van der Waals surface area contributed by atoms with E-state index in [0.29, 0.717) is 5.82 Å². The van der Waals surface area contributed by atoms with E-state index in [0.717, 1.165) is 31.4 Å². The summed E-state index contributed by atoms with van der Waals surface area (Å²) in [6.45, 7) is 0. The molecule has 0 radical (unpaired) electrons. The smallest absolute Gasteiger partial charge is 0.342 e. The van der Waals surface area contributed by atoms with Crippen LogP contribution in [-0.4, -0.2) is 26.3 Å². The van der Waals surface area contributed by atoms with E-state index in [-0.39, 0.29) is 17.8 Å². The second kappa shape index (κ2) is 7.77. The van der Waals surface area contributed by atoms with Crippen LogP contribution in [0.3, 0.4) is 0 Å². The normalized spacial score (nSPS) is 25.8. The molecule has 0 saturated heterocycles. The molecular formula is C17H26N4O3. The molecule has 2 heterocycles. The minimum atomic E-state index is -0.411. The van der Waals surface area contributed by atoms with Crippen molar-refractivity contribution in [3.8, 4) is 0 Å². The van der Waals surface area contributed by atoms with E-state index in [4.69, 9.17) is 4.84 Å². The van der Waals surface area contributed by atoms with Crippen molar-refractivity contribution in [1.29, 1.82) is 0 Å². The van der Waals surface area contributed by atoms with Crippen LogP contribution in [0.4, 0.5) is 5.82 Å². The zero-order valence-corrected chi connectivity index (χ0v) is 14.3. The molecule has 3 rings (SSSR count). The predicted octanol–water partition coefficient (Wildman–Crippen LogP) is 3.96. The van der Waals surface area contributed by atoms with Crippen LogP contribution in [0.1, 0.15) is 70.0 Å². The monoisotopic (exact) mass is 334 g/mol. The van der Waals surface area contributed by atoms with Gasteiger partial charge in [0, 0.05) is 0 Å². The maximum absolute atomic E-state index is 11.1. The Bertz CT molecular complexity index is 611. The molecule has 1 saturated carbocycles. The molecule has 0 aromatic carbocycles. The van der Waals surface area contributed by atoms with Crippen LogP contribution in [0.5, 0.6) is 0 Å². The van der Waals surface area contributed by atoms with Crippen LogP contribution in [0.2, 0.25) is 0 Å². The van der Waals surface area contributed by atoms with Crippen molar-refractivity contribution < 1.29 is 9.76 Å². The van der Waals surface area contributed by atoms with Gasteiger partial charge in [-0.1, -0.05) is 50.1 Å². The molecule has 0 amide bonds. The number of hydrogen-bond acceptors (Lipinski definition) is 5. The maximum atomic E-state index is 11.1. The van der Waals surface area contributed by atoms with Crippen molar-refractivity contribution in [3.05, 3.63) is 22.1 Å². The molecule has 2 unspecified atom stereocenters. The van der Waals surface area contributed by atoms with Crippen molar-refractivity contribution >= 4 is 11.5 Å². The third-order valence-electron chi connectivity index (χ3n) is 5.22. The lowest BCUT2D eigenvalue weighted by molar-refractivity contribution is -0.391. The van der Waals surface area contributed by atoms with E-state index in [1.54, 1.807) is 7.05 Å². The van der Waals surface area contributed by atoms with Gasteiger partial charge in [0.05, 0.1) is 13.0 Å². The third-order valence-corrected chi connectivity index (χ3v) is 5.22. The quantitative estimate of drug-likeness (QED) is 0.605. The molecule has 0 N–H and O–H groups in total. The van der Waals surface area contributed by atoms with Gasteiger partial charge in [-0.25, -0.2) is 9.55 Å². The van der Waals surface area contributed by atoms with Gasteiger partial charge >= 0.3 is 5.82 Å². The summed E-state index contributed by atoms with van der Waals surface area (Å²) < 4.78 is 1.51. The molecule has 1 fully saturated rings. The van der Waals surface area contributed by atoms with Crippen LogP contribution in [0, 0.1) is 16.0 Å². The molecule has 132 valence electrons. The summed E-state index contributed by atoms with van der Waals surface area (Å²) in [5.41, 5.74) is 0.785. The molecule has 24 heavy (non-hydrogen) atoms. The number of aromatic nitrogens is 2. The second-order valence-corrected chi connectivity index (χ2v) is 6.89. The maximum Gasteiger partial charge on any atom is 0.342 e. The van der Waals surface area contributed by atoms with Crippen LogP contribution in [0.25, 0.3) is 0 Å². The molecule has 1 aromatic heterocycles. The topological polar surface area (TPSA) is 82.5 Å². The molecule has 2 atom stereocenters. The first-order chi connectivity index (χ1) is 11.7. The number of nitro groups is 1. The van der Waals surface area contributed by atoms with Crippen LogP contribution >= 0.6 is 0 Å². The molecule has 0 bridgehead atoms. The SMILES string of the molecule is Cn1c([N+](=O)[O-])cnc1C1=NOC2CCCCCCCCCCC12. The predicted molar refractivity (Wildman–Crippen MR) is 90.9 cm³/mol. The van der Waals surface area contributed by atoms with Crippen molar-refractivity contribution in [2.24, 2.45) is 18.1 Å². The van der Waals surface area contributed by atoms with Gasteiger partial charge in [-0.2, -0.15) is 0 Å². The molecule has 1 aliphatic carbocycles. The Morgan fingerprint density at radius 1 is 1.12 bits per heavy atom. The van der Waals surface area contributed by atoms with E-state index in [9.17, 15) is 10.1 Å². The summed E-state index contributed by atoms with van der Waals surface area (Å²) in [7, 11) is 1.67. The van der Waals surface area contributed by atoms with E-state index in [1.165, 1.54) is 49.3 Å². The van der Waals surface area contributed by atoms with Gasteiger partial charge in [-0.05, 0) is 24.2 Å². The van der Waals surface area contributed by atoms with Crippen molar-refractivity contribution in [3.63, 3.8) is 0 Å². The number of hydrogen-bond donors (Lipinski definition) is 0. The minimum Gasteiger partial charge on any atom is -0.391 e. The summed E-state index contributed by atoms with van der Waals surface area (Å²) in [5, 5.41) is 15.3. The first kappa shape index (κ1) is 16.9. The van der Waals surface area contributed by atoms with Crippen LogP contribution < -0.4 is 0 Å². The highest BCUT2D eigenvalue weighted by atomic mass is 16.6. The zero-order valence-electron chi connectivity index (χ0n) is 14.3. The average Bonchev–Trinajstić information content (AvgIpc) is 3.10. The summed E-state index contributed by atoms with van der Waals surface area (Å²) in [6, 6.07) is 0. The largest absolute Gasteiger partial charge is 0.391 e. The summed E-state index contributed by atoms with van der Waals surface area (Å²) in [5.74, 6) is 0.760. The zero-order chi connectivity index (χ0) is 16.9. The van der Waals surface area contributed by atoms with E-state index >= 15 is 0 Å². The van der Waals surface area contributed by atoms with Gasteiger partial charge in [-0.3, -0.25) is 0 Å². The van der Waals surface area contributed by atoms with Crippen molar-refractivity contribution in [1.82, 2.24) is 9.55 Å². The lowest BCUT2D eigenvalue weighted by Crippen LogP contribution is -2.26. The molecule has 7 heteroatoms. The molecule has 0 spiro atoms. The standard InChI is InChI=1S/C17H26N4O3/c1-20-15(21(22)23)12-18-17(20)16-13-10-8-6-4-2-3-5-7-9-11-14(13)24-19-16/h12-14H,2-11H2,1H3. The minimum absolute atomic E-state index is 0.00990. The van der Waals surface area contributed by atoms with Gasteiger partial charge in [0.1, 0.15) is 12.3 Å². The van der Waals surface area contributed by atoms with E-state index < -0.39 is 4.92 Å². The van der Waals surface area contributed by atoms with Gasteiger partial charge in [0.2, 0.25) is 5.82 Å². The van der Waals surface area contributed by atoms with Gasteiger partial charge < -0.3 is 15.0 Å². The first-order valence-corrected chi connectivity index (χ1v) is 9.08. The Kier molecular flexibility index (Phi) is 5.48. The van der Waals surface area contributed by atoms with Gasteiger partial charge in [-0.15, -0.1) is 0 Å². The lowest BCUT2D eigenvalue weighted by atomic mass is 9.87. The highest BCUT2D eigenvalue weighted by molar-refractivity contribution is 6.00. The van der Waals surface area contributed by atoms with E-state index in [2.05, 4.69) is 10.1 Å². The van der Waals surface area contributed by atoms with Gasteiger partial charge in [0.25, 0.3) is 0 Å². The van der Waals surface area contributed by atoms with Crippen LogP contribution in [0.15, 0.2) is 11.4 Å². The molecule has 7 nitrogen and oxygen atoms in total. The number of imidazole rings is 1. The van der Waals surface area contributed by atoms with Crippen molar-refractivity contribution in [2.75, 3.05) is 0 Å². The van der Waals surface area contributed by atoms with Crippen molar-refractivity contribution in [2.45, 2.75) is 70.3 Å². The highest BCUT2D eigenvalue weighted by Gasteiger charge is 2.38.